The fraction of sp³-hybridized carbons (Fsp3) is 0.700. The number of aliphatic hydroxyl groups is 2. The van der Waals surface area contributed by atoms with Crippen LogP contribution in [-0.4, -0.2) is 47.1 Å². The van der Waals surface area contributed by atoms with Crippen molar-refractivity contribution in [2.75, 3.05) is 0 Å². The predicted octanol–water partition coefficient (Wildman–Crippen LogP) is 2.28. The summed E-state index contributed by atoms with van der Waals surface area (Å²) in [5.41, 5.74) is 0.971. The van der Waals surface area contributed by atoms with Gasteiger partial charge in [-0.15, -0.1) is 0 Å². The van der Waals surface area contributed by atoms with Crippen molar-refractivity contribution in [2.45, 2.75) is 76.8 Å². The Morgan fingerprint density at radius 3 is 2.73 bits per heavy atom. The lowest BCUT2D eigenvalue weighted by molar-refractivity contribution is -0.160. The number of aliphatic hydroxyl groups excluding tert-OH is 2. The summed E-state index contributed by atoms with van der Waals surface area (Å²) in [5.74, 6) is 0.112. The van der Waals surface area contributed by atoms with Crippen LogP contribution in [0.5, 0.6) is 0 Å². The van der Waals surface area contributed by atoms with Gasteiger partial charge in [-0.2, -0.15) is 0 Å². The monoisotopic (exact) mass is 366 g/mol. The highest BCUT2D eigenvalue weighted by Crippen LogP contribution is 2.30. The third-order valence-corrected chi connectivity index (χ3v) is 5.27. The molecule has 0 unspecified atom stereocenters. The number of hydrogen-bond acceptors (Lipinski definition) is 6. The molecule has 6 heteroatoms. The van der Waals surface area contributed by atoms with E-state index >= 15 is 0 Å². The SMILES string of the molecule is CC1=C\[C@@H](O)C[C@H](OC=O)C[C@@H](CC[C@@H]2C[C@@H](O)CC(=O)O2)[C@@H](C)/C=C\1. The van der Waals surface area contributed by atoms with Crippen molar-refractivity contribution in [3.05, 3.63) is 23.8 Å². The van der Waals surface area contributed by atoms with Gasteiger partial charge < -0.3 is 19.7 Å². The van der Waals surface area contributed by atoms with Crippen LogP contribution in [0, 0.1) is 11.8 Å². The highest BCUT2D eigenvalue weighted by Gasteiger charge is 2.29. The topological polar surface area (TPSA) is 93.1 Å². The molecule has 0 bridgehead atoms. The molecule has 1 heterocycles. The number of esters is 1. The van der Waals surface area contributed by atoms with Crippen LogP contribution in [0.3, 0.4) is 0 Å². The summed E-state index contributed by atoms with van der Waals surface area (Å²) >= 11 is 0. The standard InChI is InChI=1S/C20H30O6/c1-13-3-4-14(2)15(8-19(25-12-21)10-16(22)7-13)5-6-18-9-17(23)11-20(24)26-18/h3-4,7,12,14-19,22-23H,5-6,8-11H2,1-2H3/b4-3-,13-7+/t14-,15+,16+,17+,18+,19+/m0/s1. The molecular weight excluding hydrogens is 336 g/mol. The normalized spacial score (nSPS) is 39.2. The van der Waals surface area contributed by atoms with Crippen molar-refractivity contribution in [3.63, 3.8) is 0 Å². The van der Waals surface area contributed by atoms with Crippen LogP contribution in [0.2, 0.25) is 0 Å². The molecule has 1 saturated heterocycles. The first kappa shape index (κ1) is 20.6. The van der Waals surface area contributed by atoms with Crippen molar-refractivity contribution in [2.24, 2.45) is 11.8 Å². The molecule has 146 valence electrons. The van der Waals surface area contributed by atoms with Gasteiger partial charge in [0.05, 0.1) is 18.6 Å². The molecular formula is C20H30O6. The van der Waals surface area contributed by atoms with E-state index in [1.165, 1.54) is 0 Å². The molecule has 0 radical (unpaired) electrons. The largest absolute Gasteiger partial charge is 0.464 e. The summed E-state index contributed by atoms with van der Waals surface area (Å²) in [6.45, 7) is 4.49. The first-order valence-corrected chi connectivity index (χ1v) is 9.38. The molecule has 0 aromatic heterocycles. The molecule has 2 N–H and O–H groups in total. The first-order chi connectivity index (χ1) is 12.4. The van der Waals surface area contributed by atoms with E-state index in [1.54, 1.807) is 6.08 Å². The molecule has 0 amide bonds. The second kappa shape index (κ2) is 9.88. The number of allylic oxidation sites excluding steroid dienone is 3. The summed E-state index contributed by atoms with van der Waals surface area (Å²) in [5, 5.41) is 19.9. The quantitative estimate of drug-likeness (QED) is 0.573. The Morgan fingerprint density at radius 2 is 2.04 bits per heavy atom. The van der Waals surface area contributed by atoms with Crippen LogP contribution in [0.1, 0.15) is 52.4 Å². The van der Waals surface area contributed by atoms with Crippen molar-refractivity contribution in [1.82, 2.24) is 0 Å². The smallest absolute Gasteiger partial charge is 0.308 e. The summed E-state index contributed by atoms with van der Waals surface area (Å²) in [6, 6.07) is 0. The van der Waals surface area contributed by atoms with E-state index in [-0.39, 0.29) is 36.4 Å². The van der Waals surface area contributed by atoms with Crippen LogP contribution < -0.4 is 0 Å². The fourth-order valence-electron chi connectivity index (χ4n) is 3.81. The van der Waals surface area contributed by atoms with Crippen LogP contribution in [0.15, 0.2) is 23.8 Å². The Labute approximate surface area is 154 Å². The van der Waals surface area contributed by atoms with Gasteiger partial charge in [-0.25, -0.2) is 0 Å². The van der Waals surface area contributed by atoms with E-state index in [9.17, 15) is 19.8 Å². The van der Waals surface area contributed by atoms with Gasteiger partial charge in [0, 0.05) is 12.8 Å². The molecule has 0 aromatic rings. The Morgan fingerprint density at radius 1 is 1.27 bits per heavy atom. The van der Waals surface area contributed by atoms with Crippen molar-refractivity contribution in [3.8, 4) is 0 Å². The second-order valence-corrected chi connectivity index (χ2v) is 7.56. The molecule has 26 heavy (non-hydrogen) atoms. The van der Waals surface area contributed by atoms with E-state index in [0.29, 0.717) is 32.2 Å². The minimum absolute atomic E-state index is 0.0673. The lowest BCUT2D eigenvalue weighted by Gasteiger charge is -2.30. The number of hydrogen-bond donors (Lipinski definition) is 2. The zero-order valence-corrected chi connectivity index (χ0v) is 15.5. The lowest BCUT2D eigenvalue weighted by atomic mass is 9.81. The van der Waals surface area contributed by atoms with Crippen LogP contribution in [0.4, 0.5) is 0 Å². The summed E-state index contributed by atoms with van der Waals surface area (Å²) in [4.78, 5) is 22.3. The number of rotatable bonds is 5. The first-order valence-electron chi connectivity index (χ1n) is 9.38. The molecule has 6 nitrogen and oxygen atoms in total. The number of cyclic esters (lactones) is 1. The third-order valence-electron chi connectivity index (χ3n) is 5.27. The Bertz CT molecular complexity index is 540. The van der Waals surface area contributed by atoms with E-state index in [2.05, 4.69) is 13.0 Å². The minimum Gasteiger partial charge on any atom is -0.464 e. The predicted molar refractivity (Wildman–Crippen MR) is 96.1 cm³/mol. The van der Waals surface area contributed by atoms with E-state index in [4.69, 9.17) is 9.47 Å². The van der Waals surface area contributed by atoms with Gasteiger partial charge in [0.25, 0.3) is 6.47 Å². The molecule has 1 aliphatic heterocycles. The van der Waals surface area contributed by atoms with Gasteiger partial charge in [-0.3, -0.25) is 9.59 Å². The average Bonchev–Trinajstić information content (AvgIpc) is 2.55. The van der Waals surface area contributed by atoms with E-state index in [0.717, 1.165) is 12.0 Å². The van der Waals surface area contributed by atoms with Gasteiger partial charge >= 0.3 is 5.97 Å². The zero-order chi connectivity index (χ0) is 19.1. The maximum Gasteiger partial charge on any atom is 0.308 e. The lowest BCUT2D eigenvalue weighted by Crippen LogP contribution is -2.33. The summed E-state index contributed by atoms with van der Waals surface area (Å²) < 4.78 is 10.5. The maximum absolute atomic E-state index is 11.5. The molecule has 2 rings (SSSR count). The maximum atomic E-state index is 11.5. The Kier molecular flexibility index (Phi) is 7.85. The molecule has 1 aliphatic carbocycles. The van der Waals surface area contributed by atoms with Crippen LogP contribution in [-0.2, 0) is 19.1 Å². The number of carbonyl (C=O) groups is 2. The van der Waals surface area contributed by atoms with Crippen molar-refractivity contribution in [1.29, 1.82) is 0 Å². The highest BCUT2D eigenvalue weighted by molar-refractivity contribution is 5.70. The van der Waals surface area contributed by atoms with E-state index < -0.39 is 12.2 Å². The molecule has 2 aliphatic rings. The van der Waals surface area contributed by atoms with Crippen molar-refractivity contribution < 1.29 is 29.3 Å². The second-order valence-electron chi connectivity index (χ2n) is 7.56. The van der Waals surface area contributed by atoms with Gasteiger partial charge in [-0.1, -0.05) is 30.7 Å². The van der Waals surface area contributed by atoms with Gasteiger partial charge in [0.15, 0.2) is 0 Å². The van der Waals surface area contributed by atoms with Gasteiger partial charge in [0.2, 0.25) is 0 Å². The van der Waals surface area contributed by atoms with E-state index in [1.807, 2.05) is 13.0 Å². The minimum atomic E-state index is -0.659. The average molecular weight is 366 g/mol. The van der Waals surface area contributed by atoms with Crippen molar-refractivity contribution >= 4 is 12.4 Å². The number of carbonyl (C=O) groups excluding carboxylic acids is 2. The molecule has 1 fully saturated rings. The fourth-order valence-corrected chi connectivity index (χ4v) is 3.81. The molecule has 0 spiro atoms. The Balaban J connectivity index is 2.05. The third kappa shape index (κ3) is 6.57. The Hall–Kier alpha value is -1.66. The summed E-state index contributed by atoms with van der Waals surface area (Å²) in [7, 11) is 0. The van der Waals surface area contributed by atoms with Gasteiger partial charge in [-0.05, 0) is 38.0 Å². The highest BCUT2D eigenvalue weighted by atomic mass is 16.5. The number of ether oxygens (including phenoxy) is 2. The summed E-state index contributed by atoms with van der Waals surface area (Å²) in [6.07, 6.45) is 6.96. The van der Waals surface area contributed by atoms with Crippen LogP contribution >= 0.6 is 0 Å². The zero-order valence-electron chi connectivity index (χ0n) is 15.5. The molecule has 0 aromatic carbocycles. The molecule has 6 atom stereocenters. The van der Waals surface area contributed by atoms with Gasteiger partial charge in [0.1, 0.15) is 12.2 Å². The van der Waals surface area contributed by atoms with Crippen LogP contribution in [0.25, 0.3) is 0 Å². The molecule has 0 saturated carbocycles.